The minimum absolute atomic E-state index is 0.148. The lowest BCUT2D eigenvalue weighted by Crippen LogP contribution is -2.43. The van der Waals surface area contributed by atoms with Crippen LogP contribution in [0.2, 0.25) is 5.02 Å². The van der Waals surface area contributed by atoms with E-state index >= 15 is 0 Å². The van der Waals surface area contributed by atoms with Crippen LogP contribution in [0.3, 0.4) is 0 Å². The van der Waals surface area contributed by atoms with E-state index in [-0.39, 0.29) is 4.47 Å². The molecule has 1 aromatic carbocycles. The van der Waals surface area contributed by atoms with Gasteiger partial charge in [-0.05, 0) is 19.1 Å². The van der Waals surface area contributed by atoms with E-state index in [0.717, 1.165) is 12.1 Å². The van der Waals surface area contributed by atoms with Crippen LogP contribution in [0.25, 0.3) is 0 Å². The van der Waals surface area contributed by atoms with Crippen molar-refractivity contribution in [2.45, 2.75) is 30.5 Å². The van der Waals surface area contributed by atoms with Gasteiger partial charge < -0.3 is 0 Å². The van der Waals surface area contributed by atoms with Crippen LogP contribution in [0.5, 0.6) is 0 Å². The highest BCUT2D eigenvalue weighted by atomic mass is 79.9. The minimum atomic E-state index is -4.82. The Labute approximate surface area is 130 Å². The van der Waals surface area contributed by atoms with Crippen molar-refractivity contribution >= 4 is 37.6 Å². The molecule has 1 N–H and O–H groups in total. The minimum Gasteiger partial charge on any atom is -0.207 e. The maximum Gasteiger partial charge on any atom is 0.404 e. The van der Waals surface area contributed by atoms with Crippen molar-refractivity contribution in [2.75, 3.05) is 0 Å². The summed E-state index contributed by atoms with van der Waals surface area (Å²) in [6.07, 6.45) is -7.91. The molecule has 0 saturated carbocycles. The molecule has 21 heavy (non-hydrogen) atoms. The summed E-state index contributed by atoms with van der Waals surface area (Å²) in [5, 5.41) is -0.832. The highest BCUT2D eigenvalue weighted by molar-refractivity contribution is 9.10. The molecule has 3 nitrogen and oxygen atoms in total. The molecule has 0 heterocycles. The average molecular weight is 417 g/mol. The van der Waals surface area contributed by atoms with Crippen molar-refractivity contribution in [3.63, 3.8) is 0 Å². The van der Waals surface area contributed by atoms with Gasteiger partial charge in [-0.1, -0.05) is 27.5 Å². The third-order valence-electron chi connectivity index (χ3n) is 2.42. The first-order chi connectivity index (χ1) is 9.38. The molecule has 0 amide bonds. The molecule has 0 fully saturated rings. The average Bonchev–Trinajstić information content (AvgIpc) is 2.25. The molecule has 0 aliphatic carbocycles. The van der Waals surface area contributed by atoms with Crippen LogP contribution < -0.4 is 4.72 Å². The second kappa shape index (κ2) is 6.35. The highest BCUT2D eigenvalue weighted by Crippen LogP contribution is 2.37. The van der Waals surface area contributed by atoms with E-state index in [4.69, 9.17) is 11.6 Å². The predicted octanol–water partition coefficient (Wildman–Crippen LogP) is 4.27. The zero-order valence-corrected chi connectivity index (χ0v) is 13.3. The molecule has 0 radical (unpaired) electrons. The van der Waals surface area contributed by atoms with Gasteiger partial charge in [0.1, 0.15) is 10.9 Å². The lowest BCUT2D eigenvalue weighted by Gasteiger charge is -2.18. The second-order valence-electron chi connectivity index (χ2n) is 3.96. The van der Waals surface area contributed by atoms with Crippen molar-refractivity contribution in [3.8, 4) is 0 Å². The van der Waals surface area contributed by atoms with Crippen LogP contribution in [0.1, 0.15) is 18.9 Å². The Morgan fingerprint density at radius 1 is 1.29 bits per heavy atom. The summed E-state index contributed by atoms with van der Waals surface area (Å²) < 4.78 is 87.6. The number of halogens is 7. The molecule has 1 aromatic rings. The SMILES string of the molecule is C[C@H](NS(=O)(=O)c1ccc(Br)c(C(F)F)c1Cl)C(F)(F)F. The number of nitrogens with one attached hydrogen (secondary N) is 1. The summed E-state index contributed by atoms with van der Waals surface area (Å²) in [7, 11) is -4.70. The van der Waals surface area contributed by atoms with Crippen molar-refractivity contribution in [2.24, 2.45) is 0 Å². The molecule has 0 spiro atoms. The fourth-order valence-electron chi connectivity index (χ4n) is 1.32. The number of alkyl halides is 5. The monoisotopic (exact) mass is 415 g/mol. The second-order valence-corrected chi connectivity index (χ2v) is 6.87. The Morgan fingerprint density at radius 3 is 2.24 bits per heavy atom. The van der Waals surface area contributed by atoms with Crippen LogP contribution in [0.4, 0.5) is 22.0 Å². The molecule has 0 aromatic heterocycles. The standard InChI is InChI=1S/C10H8BrClF5NO2S/c1-4(10(15,16)17)18-21(19,20)6-3-2-5(11)7(8(6)12)9(13)14/h2-4,9,18H,1H3/t4-/m0/s1. The van der Waals surface area contributed by atoms with E-state index in [1.165, 1.54) is 4.72 Å². The van der Waals surface area contributed by atoms with E-state index in [0.29, 0.717) is 6.92 Å². The Balaban J connectivity index is 3.31. The lowest BCUT2D eigenvalue weighted by atomic mass is 10.2. The van der Waals surface area contributed by atoms with E-state index in [1.54, 1.807) is 0 Å². The molecule has 120 valence electrons. The normalized spacial score (nSPS) is 14.5. The van der Waals surface area contributed by atoms with E-state index in [9.17, 15) is 30.4 Å². The van der Waals surface area contributed by atoms with Gasteiger partial charge in [-0.2, -0.15) is 17.9 Å². The quantitative estimate of drug-likeness (QED) is 0.745. The third-order valence-corrected chi connectivity index (χ3v) is 5.22. The summed E-state index contributed by atoms with van der Waals surface area (Å²) in [4.78, 5) is -0.848. The first-order valence-electron chi connectivity index (χ1n) is 5.23. The number of benzene rings is 1. The van der Waals surface area contributed by atoms with Gasteiger partial charge in [0.25, 0.3) is 6.43 Å². The Hall–Kier alpha value is -0.450. The predicted molar refractivity (Wildman–Crippen MR) is 69.9 cm³/mol. The van der Waals surface area contributed by atoms with Gasteiger partial charge in [0.2, 0.25) is 10.0 Å². The summed E-state index contributed by atoms with van der Waals surface area (Å²) in [6.45, 7) is 0.582. The first kappa shape index (κ1) is 18.6. The van der Waals surface area contributed by atoms with Gasteiger partial charge in [-0.3, -0.25) is 0 Å². The Bertz CT molecular complexity index is 635. The van der Waals surface area contributed by atoms with Crippen molar-refractivity contribution in [1.82, 2.24) is 4.72 Å². The number of hydrogen-bond donors (Lipinski definition) is 1. The molecule has 1 rings (SSSR count). The van der Waals surface area contributed by atoms with Gasteiger partial charge in [0, 0.05) is 4.47 Å². The lowest BCUT2D eigenvalue weighted by molar-refractivity contribution is -0.147. The number of rotatable bonds is 4. The van der Waals surface area contributed by atoms with Crippen LogP contribution in [0, 0.1) is 0 Å². The smallest absolute Gasteiger partial charge is 0.207 e. The Kier molecular flexibility index (Phi) is 5.62. The van der Waals surface area contributed by atoms with Crippen LogP contribution in [0.15, 0.2) is 21.5 Å². The van der Waals surface area contributed by atoms with E-state index in [1.807, 2.05) is 0 Å². The van der Waals surface area contributed by atoms with Crippen LogP contribution >= 0.6 is 27.5 Å². The zero-order valence-electron chi connectivity index (χ0n) is 10.2. The maximum atomic E-state index is 12.8. The summed E-state index contributed by atoms with van der Waals surface area (Å²) >= 11 is 8.35. The molecule has 0 aliphatic heterocycles. The molecule has 0 saturated heterocycles. The number of sulfonamides is 1. The van der Waals surface area contributed by atoms with Gasteiger partial charge >= 0.3 is 6.18 Å². The molecule has 1 atom stereocenters. The third kappa shape index (κ3) is 4.27. The summed E-state index contributed by atoms with van der Waals surface area (Å²) in [6, 6.07) is -0.582. The van der Waals surface area contributed by atoms with Gasteiger partial charge in [0.05, 0.1) is 10.6 Å². The summed E-state index contributed by atoms with van der Waals surface area (Å²) in [5.41, 5.74) is -0.806. The van der Waals surface area contributed by atoms with E-state index < -0.39 is 44.1 Å². The molecule has 0 bridgehead atoms. The van der Waals surface area contributed by atoms with Gasteiger partial charge in [-0.15, -0.1) is 0 Å². The molecular formula is C10H8BrClF5NO2S. The fraction of sp³-hybridized carbons (Fsp3) is 0.400. The molecule has 0 aliphatic rings. The van der Waals surface area contributed by atoms with Crippen molar-refractivity contribution in [1.29, 1.82) is 0 Å². The first-order valence-corrected chi connectivity index (χ1v) is 7.88. The largest absolute Gasteiger partial charge is 0.404 e. The Morgan fingerprint density at radius 2 is 1.81 bits per heavy atom. The molecule has 11 heteroatoms. The van der Waals surface area contributed by atoms with Crippen molar-refractivity contribution in [3.05, 3.63) is 27.2 Å². The van der Waals surface area contributed by atoms with Gasteiger partial charge in [0.15, 0.2) is 0 Å². The van der Waals surface area contributed by atoms with Crippen molar-refractivity contribution < 1.29 is 30.4 Å². The summed E-state index contributed by atoms with van der Waals surface area (Å²) in [5.74, 6) is 0. The van der Waals surface area contributed by atoms with Crippen LogP contribution in [-0.4, -0.2) is 20.6 Å². The zero-order chi connectivity index (χ0) is 16.6. The maximum absolute atomic E-state index is 12.8. The molecule has 0 unspecified atom stereocenters. The number of hydrogen-bond acceptors (Lipinski definition) is 2. The van der Waals surface area contributed by atoms with Crippen LogP contribution in [-0.2, 0) is 10.0 Å². The fourth-order valence-corrected chi connectivity index (χ4v) is 3.81. The topological polar surface area (TPSA) is 46.2 Å². The molecular weight excluding hydrogens is 409 g/mol. The van der Waals surface area contributed by atoms with E-state index in [2.05, 4.69) is 15.9 Å². The van der Waals surface area contributed by atoms with Gasteiger partial charge in [-0.25, -0.2) is 17.2 Å². The highest BCUT2D eigenvalue weighted by Gasteiger charge is 2.39.